The highest BCUT2D eigenvalue weighted by Crippen LogP contribution is 2.28. The zero-order chi connectivity index (χ0) is 66.3. The van der Waals surface area contributed by atoms with Gasteiger partial charge in [0.15, 0.2) is 12.2 Å². The Hall–Kier alpha value is -8.81. The van der Waals surface area contributed by atoms with E-state index in [0.717, 1.165) is 0 Å². The summed E-state index contributed by atoms with van der Waals surface area (Å²) in [7, 11) is 0. The zero-order valence-electron chi connectivity index (χ0n) is 51.7. The fourth-order valence-corrected chi connectivity index (χ4v) is 9.67. The number of nitrogens with zero attached hydrogens (tertiary/aromatic N) is 5. The maximum atomic E-state index is 14.5. The van der Waals surface area contributed by atoms with E-state index in [1.54, 1.807) is 87.2 Å². The molecule has 16 N–H and O–H groups in total. The first-order chi connectivity index (χ1) is 43.8. The van der Waals surface area contributed by atoms with Crippen LogP contribution in [0.5, 0.6) is 11.5 Å². The highest BCUT2D eigenvalue weighted by molar-refractivity contribution is 5.93. The minimum atomic E-state index is -1.09. The topological polar surface area (TPSA) is 434 Å². The average Bonchev–Trinajstić information content (AvgIpc) is 1.05. The summed E-state index contributed by atoms with van der Waals surface area (Å²) in [4.78, 5) is 137. The molecule has 30 nitrogen and oxygen atoms in total. The minimum Gasteiger partial charge on any atom is -0.508 e. The lowest BCUT2D eigenvalue weighted by Crippen LogP contribution is -2.54. The third-order valence-electron chi connectivity index (χ3n) is 14.5. The van der Waals surface area contributed by atoms with Gasteiger partial charge in [-0.05, 0) is 86.0 Å². The number of nitrogens with one attached hydrogen (secondary N) is 8. The van der Waals surface area contributed by atoms with Gasteiger partial charge in [0.2, 0.25) is 29.5 Å². The summed E-state index contributed by atoms with van der Waals surface area (Å²) >= 11 is 0. The first-order valence-corrected chi connectivity index (χ1v) is 30.6. The maximum absolute atomic E-state index is 14.5. The van der Waals surface area contributed by atoms with Gasteiger partial charge < -0.3 is 78.6 Å². The Bertz CT molecular complexity index is 2790. The van der Waals surface area contributed by atoms with Gasteiger partial charge in [-0.1, -0.05) is 61.5 Å². The van der Waals surface area contributed by atoms with Crippen LogP contribution in [0.2, 0.25) is 0 Å². The van der Waals surface area contributed by atoms with E-state index in [9.17, 15) is 68.4 Å². The largest absolute Gasteiger partial charge is 0.508 e. The highest BCUT2D eigenvalue weighted by atomic mass is 16.5. The molecular weight excluding hydrogens is 1180 g/mol. The van der Waals surface area contributed by atoms with Crippen molar-refractivity contribution in [3.05, 3.63) is 95.6 Å². The van der Waals surface area contributed by atoms with Crippen molar-refractivity contribution in [3.8, 4) is 11.5 Å². The molecule has 500 valence electrons. The van der Waals surface area contributed by atoms with Crippen molar-refractivity contribution in [2.45, 2.75) is 89.0 Å². The summed E-state index contributed by atoms with van der Waals surface area (Å²) in [5, 5.41) is 61.0. The van der Waals surface area contributed by atoms with E-state index in [-0.39, 0.29) is 161 Å². The molecule has 0 aliphatic carbocycles. The number of aliphatic imine (C=N–C) groups is 1. The summed E-state index contributed by atoms with van der Waals surface area (Å²) < 4.78 is 6.15. The van der Waals surface area contributed by atoms with Gasteiger partial charge in [0, 0.05) is 104 Å². The van der Waals surface area contributed by atoms with Crippen LogP contribution in [0.25, 0.3) is 0 Å². The van der Waals surface area contributed by atoms with Crippen LogP contribution in [0, 0.1) is 0 Å². The van der Waals surface area contributed by atoms with Gasteiger partial charge in [0.25, 0.3) is 0 Å². The maximum Gasteiger partial charge on any atom is 0.344 e. The Morgan fingerprint density at radius 1 is 0.604 bits per heavy atom. The Morgan fingerprint density at radius 2 is 1.18 bits per heavy atom. The second-order valence-corrected chi connectivity index (χ2v) is 21.6. The number of carboxylic acids is 3. The number of phenolic OH excluding ortho intramolecular Hbond substituents is 1. The second-order valence-electron chi connectivity index (χ2n) is 21.6. The minimum absolute atomic E-state index is 0.00773. The summed E-state index contributed by atoms with van der Waals surface area (Å²) in [6, 6.07) is 19.7. The molecule has 0 bridgehead atoms. The number of amides is 7. The number of carbonyl (C=O) groups is 10. The van der Waals surface area contributed by atoms with E-state index in [2.05, 4.69) is 47.5 Å². The number of unbranched alkanes of at least 4 members (excludes halogenated alkanes) is 1. The number of ether oxygens (including phenoxy) is 1. The molecule has 1 saturated heterocycles. The fourth-order valence-electron chi connectivity index (χ4n) is 9.67. The number of benzene rings is 3. The number of nitrogens with two attached hydrogens (primary N) is 2. The van der Waals surface area contributed by atoms with Crippen LogP contribution in [0.1, 0.15) is 80.9 Å². The molecule has 0 aromatic heterocycles. The van der Waals surface area contributed by atoms with E-state index in [0.29, 0.717) is 60.8 Å². The predicted molar refractivity (Wildman–Crippen MR) is 336 cm³/mol. The highest BCUT2D eigenvalue weighted by Gasteiger charge is 2.29. The molecule has 4 atom stereocenters. The molecular formula is C61H91N15O15. The van der Waals surface area contributed by atoms with Crippen LogP contribution in [0.15, 0.2) is 83.9 Å². The number of hydrogen-bond donors (Lipinski definition) is 14. The molecule has 3 aromatic rings. The van der Waals surface area contributed by atoms with Crippen LogP contribution in [0.3, 0.4) is 0 Å². The first-order valence-electron chi connectivity index (χ1n) is 30.6. The van der Waals surface area contributed by atoms with Crippen molar-refractivity contribution in [2.24, 2.45) is 16.5 Å². The van der Waals surface area contributed by atoms with Crippen LogP contribution < -0.4 is 58.7 Å². The van der Waals surface area contributed by atoms with Crippen molar-refractivity contribution in [2.75, 3.05) is 118 Å². The number of guanidine groups is 1. The van der Waals surface area contributed by atoms with Crippen LogP contribution in [-0.2, 0) is 49.7 Å². The van der Waals surface area contributed by atoms with Crippen LogP contribution in [0.4, 0.5) is 4.79 Å². The van der Waals surface area contributed by atoms with Crippen LogP contribution >= 0.6 is 0 Å². The SMILES string of the molecule is CCC(=O)NCCNC(=O)/N=C(/N)NCCC[C@@H](NC(=O)[C@@H](c1ccccc1)c1cccc(OCCCCNC(=O)[C@@H](CCCN)NC(=O)CCNC(C=O)N2CCN(CC(=O)O)CCN(CC(=O)O)CCN(CC(=O)O)CC2)c1)C(=O)NCc1ccc(O)cc1. The van der Waals surface area contributed by atoms with Gasteiger partial charge in [-0.15, -0.1) is 0 Å². The zero-order valence-corrected chi connectivity index (χ0v) is 51.7. The van der Waals surface area contributed by atoms with E-state index in [1.165, 1.54) is 12.1 Å². The number of aliphatic carboxylic acids is 3. The Kier molecular flexibility index (Phi) is 34.6. The standard InChI is InChI=1S/C61H91N15O15/c1-2-51(79)65-26-27-68-61(90)72-60(63)67-24-10-16-49(58(88)69-38-43-17-19-46(78)20-18-43)71-59(89)56(44-11-4-3-5-12-44)45-13-8-14-47(37-45)91-36-7-6-23-66-57(87)48(15-9-22-62)70-52(80)21-25-64-50(42-77)76-34-32-74(40-54(83)84)30-28-73(39-53(81)82)29-31-75(33-35-76)41-55(85)86/h3-5,8,11-14,17-20,37,42,48-50,56,64,78H,2,6-7,9-10,15-16,21-36,38-41,62H2,1H3,(H,65,79)(H,66,87)(H,69,88)(H,70,80)(H,71,89)(H,81,82)(H,83,84)(H,85,86)(H4,63,67,68,72,90)/t48-,49-,50?,56+/m1/s1. The molecule has 1 aliphatic heterocycles. The van der Waals surface area contributed by atoms with Crippen molar-refractivity contribution in [1.29, 1.82) is 0 Å². The van der Waals surface area contributed by atoms with Crippen molar-refractivity contribution in [3.63, 3.8) is 0 Å². The molecule has 7 amide bonds. The Morgan fingerprint density at radius 3 is 1.78 bits per heavy atom. The smallest absolute Gasteiger partial charge is 0.344 e. The van der Waals surface area contributed by atoms with Gasteiger partial charge in [-0.25, -0.2) is 4.79 Å². The van der Waals surface area contributed by atoms with E-state index in [1.807, 2.05) is 6.07 Å². The first kappa shape index (κ1) is 74.7. The quantitative estimate of drug-likeness (QED) is 0.0138. The second kappa shape index (κ2) is 42.2. The number of hydrogen-bond acceptors (Lipinski definition) is 18. The molecule has 1 fully saturated rings. The number of aromatic hydroxyl groups is 1. The lowest BCUT2D eigenvalue weighted by atomic mass is 9.90. The lowest BCUT2D eigenvalue weighted by Gasteiger charge is -2.35. The normalized spacial score (nSPS) is 15.2. The summed E-state index contributed by atoms with van der Waals surface area (Å²) in [6.45, 7) is 3.69. The summed E-state index contributed by atoms with van der Waals surface area (Å²) in [6.07, 6.45) is 2.03. The predicted octanol–water partition coefficient (Wildman–Crippen LogP) is -1.28. The lowest BCUT2D eigenvalue weighted by molar-refractivity contribution is -0.140. The summed E-state index contributed by atoms with van der Waals surface area (Å²) in [5.74, 6) is -5.77. The third kappa shape index (κ3) is 30.5. The van der Waals surface area contributed by atoms with Gasteiger partial charge in [0.05, 0.1) is 32.2 Å². The third-order valence-corrected chi connectivity index (χ3v) is 14.5. The fraction of sp³-hybridized carbons (Fsp3) is 0.525. The molecule has 4 rings (SSSR count). The van der Waals surface area contributed by atoms with Gasteiger partial charge in [-0.3, -0.25) is 63.3 Å². The molecule has 0 spiro atoms. The molecule has 30 heteroatoms. The number of urea groups is 1. The van der Waals surface area contributed by atoms with Gasteiger partial charge in [0.1, 0.15) is 29.7 Å². The Balaban J connectivity index is 1.32. The van der Waals surface area contributed by atoms with Crippen molar-refractivity contribution in [1.82, 2.24) is 62.1 Å². The number of carboxylic acid groups (broad SMARTS) is 3. The van der Waals surface area contributed by atoms with Gasteiger partial charge >= 0.3 is 23.9 Å². The molecule has 0 saturated carbocycles. The molecule has 1 aliphatic rings. The molecule has 0 radical (unpaired) electrons. The van der Waals surface area contributed by atoms with E-state index < -0.39 is 71.7 Å². The number of carbonyl (C=O) groups excluding carboxylic acids is 7. The number of rotatable bonds is 38. The Labute approximate surface area is 529 Å². The molecule has 91 heavy (non-hydrogen) atoms. The van der Waals surface area contributed by atoms with E-state index >= 15 is 0 Å². The molecule has 1 heterocycles. The molecule has 1 unspecified atom stereocenters. The number of aldehydes is 1. The van der Waals surface area contributed by atoms with Crippen molar-refractivity contribution >= 4 is 65.7 Å². The summed E-state index contributed by atoms with van der Waals surface area (Å²) in [5.41, 5.74) is 13.7. The van der Waals surface area contributed by atoms with Crippen LogP contribution in [-0.4, -0.2) is 242 Å². The molecule has 3 aromatic carbocycles. The number of phenols is 1. The van der Waals surface area contributed by atoms with E-state index in [4.69, 9.17) is 16.2 Å². The average molecular weight is 1270 g/mol. The monoisotopic (exact) mass is 1270 g/mol. The van der Waals surface area contributed by atoms with Gasteiger partial charge in [-0.2, -0.15) is 4.99 Å². The van der Waals surface area contributed by atoms with Crippen molar-refractivity contribution < 1.29 is 73.1 Å².